The summed E-state index contributed by atoms with van der Waals surface area (Å²) in [6.07, 6.45) is 12.7. The molecule has 0 saturated carbocycles. The highest BCUT2D eigenvalue weighted by atomic mass is 31.2. The molecule has 5 nitrogen and oxygen atoms in total. The van der Waals surface area contributed by atoms with Gasteiger partial charge in [0.15, 0.2) is 0 Å². The van der Waals surface area contributed by atoms with Gasteiger partial charge in [0.2, 0.25) is 0 Å². The largest absolute Gasteiger partial charge is 0.756 e. The van der Waals surface area contributed by atoms with Crippen molar-refractivity contribution in [2.45, 2.75) is 57.5 Å². The number of likely N-dealkylation sites (N-methyl/N-ethyl adjacent to an activating group) is 1. The van der Waals surface area contributed by atoms with E-state index in [4.69, 9.17) is 15.8 Å². The van der Waals surface area contributed by atoms with Crippen molar-refractivity contribution in [2.24, 2.45) is 0 Å². The molecular weight excluding hydrogens is 289 g/mol. The molecule has 0 bridgehead atoms. The SMILES string of the molecule is C#CCCCCCCCCC(C[N+](C)(C)C)OP(=O)([O-])O. The normalized spacial score (nSPS) is 16.2. The van der Waals surface area contributed by atoms with Crippen LogP contribution >= 0.6 is 7.82 Å². The van der Waals surface area contributed by atoms with Crippen molar-refractivity contribution in [3.05, 3.63) is 0 Å². The molecule has 0 heterocycles. The van der Waals surface area contributed by atoms with Crippen molar-refractivity contribution < 1.29 is 23.4 Å². The summed E-state index contributed by atoms with van der Waals surface area (Å²) in [6.45, 7) is 0.551. The number of hydrogen-bond donors (Lipinski definition) is 1. The van der Waals surface area contributed by atoms with Crippen molar-refractivity contribution in [3.8, 4) is 12.3 Å². The Morgan fingerprint density at radius 2 is 1.71 bits per heavy atom. The molecule has 0 amide bonds. The van der Waals surface area contributed by atoms with Crippen molar-refractivity contribution in [3.63, 3.8) is 0 Å². The molecule has 0 aromatic carbocycles. The molecule has 0 fully saturated rings. The van der Waals surface area contributed by atoms with Gasteiger partial charge in [0.25, 0.3) is 7.82 Å². The maximum atomic E-state index is 10.9. The van der Waals surface area contributed by atoms with Crippen LogP contribution in [0.2, 0.25) is 0 Å². The molecule has 0 aliphatic carbocycles. The summed E-state index contributed by atoms with van der Waals surface area (Å²) in [5.74, 6) is 2.63. The van der Waals surface area contributed by atoms with E-state index in [0.29, 0.717) is 17.4 Å². The lowest BCUT2D eigenvalue weighted by atomic mass is 10.1. The predicted octanol–water partition coefficient (Wildman–Crippen LogP) is 2.29. The fourth-order valence-corrected chi connectivity index (χ4v) is 2.83. The zero-order valence-corrected chi connectivity index (χ0v) is 14.5. The molecule has 0 spiro atoms. The van der Waals surface area contributed by atoms with Gasteiger partial charge in [-0.3, -0.25) is 4.57 Å². The first kappa shape index (κ1) is 20.6. The predicted molar refractivity (Wildman–Crippen MR) is 83.4 cm³/mol. The Morgan fingerprint density at radius 1 is 1.19 bits per heavy atom. The van der Waals surface area contributed by atoms with E-state index in [-0.39, 0.29) is 0 Å². The van der Waals surface area contributed by atoms with E-state index in [1.807, 2.05) is 21.1 Å². The molecular formula is C15H30NO4P. The third kappa shape index (κ3) is 15.8. The highest BCUT2D eigenvalue weighted by Gasteiger charge is 2.22. The number of unbranched alkanes of at least 4 members (excludes halogenated alkanes) is 6. The number of phosphoric ester groups is 1. The Morgan fingerprint density at radius 3 is 2.19 bits per heavy atom. The number of quaternary nitrogens is 1. The van der Waals surface area contributed by atoms with Crippen LogP contribution in [-0.2, 0) is 9.09 Å². The van der Waals surface area contributed by atoms with Crippen molar-refractivity contribution in [1.82, 2.24) is 0 Å². The van der Waals surface area contributed by atoms with Crippen LogP contribution in [-0.4, -0.2) is 43.2 Å². The summed E-state index contributed by atoms with van der Waals surface area (Å²) < 4.78 is 16.3. The quantitative estimate of drug-likeness (QED) is 0.259. The number of nitrogens with zero attached hydrogens (tertiary/aromatic N) is 1. The lowest BCUT2D eigenvalue weighted by molar-refractivity contribution is -0.873. The Hall–Kier alpha value is -0.370. The summed E-state index contributed by atoms with van der Waals surface area (Å²) in [5, 5.41) is 0. The summed E-state index contributed by atoms with van der Waals surface area (Å²) in [6, 6.07) is 0. The summed E-state index contributed by atoms with van der Waals surface area (Å²) in [4.78, 5) is 19.8. The Labute approximate surface area is 129 Å². The minimum absolute atomic E-state index is 0.459. The van der Waals surface area contributed by atoms with E-state index < -0.39 is 13.9 Å². The Balaban J connectivity index is 3.91. The molecule has 0 aliphatic heterocycles. The minimum Gasteiger partial charge on any atom is -0.756 e. The van der Waals surface area contributed by atoms with E-state index in [0.717, 1.165) is 44.9 Å². The molecule has 6 heteroatoms. The molecule has 0 aromatic rings. The maximum Gasteiger partial charge on any atom is 0.265 e. The smallest absolute Gasteiger partial charge is 0.265 e. The molecule has 2 unspecified atom stereocenters. The van der Waals surface area contributed by atoms with E-state index in [1.54, 1.807) is 0 Å². The second-order valence-corrected chi connectivity index (χ2v) is 7.68. The monoisotopic (exact) mass is 319 g/mol. The van der Waals surface area contributed by atoms with Crippen LogP contribution in [0.3, 0.4) is 0 Å². The third-order valence-electron chi connectivity index (χ3n) is 3.13. The van der Waals surface area contributed by atoms with Crippen LogP contribution in [0.1, 0.15) is 51.4 Å². The third-order valence-corrected chi connectivity index (χ3v) is 3.70. The molecule has 0 rings (SSSR count). The lowest BCUT2D eigenvalue weighted by Crippen LogP contribution is -2.42. The fraction of sp³-hybridized carbons (Fsp3) is 0.867. The van der Waals surface area contributed by atoms with Crippen LogP contribution in [0.15, 0.2) is 0 Å². The van der Waals surface area contributed by atoms with Gasteiger partial charge in [0.05, 0.1) is 21.1 Å². The van der Waals surface area contributed by atoms with Gasteiger partial charge < -0.3 is 18.8 Å². The number of hydrogen-bond acceptors (Lipinski definition) is 3. The van der Waals surface area contributed by atoms with E-state index in [2.05, 4.69) is 5.92 Å². The first-order valence-electron chi connectivity index (χ1n) is 7.60. The van der Waals surface area contributed by atoms with E-state index in [9.17, 15) is 9.46 Å². The van der Waals surface area contributed by atoms with Gasteiger partial charge in [0.1, 0.15) is 12.6 Å². The number of phosphoric acid groups is 1. The Kier molecular flexibility index (Phi) is 10.2. The van der Waals surface area contributed by atoms with Gasteiger partial charge in [-0.2, -0.15) is 0 Å². The molecule has 21 heavy (non-hydrogen) atoms. The highest BCUT2D eigenvalue weighted by Crippen LogP contribution is 2.34. The maximum absolute atomic E-state index is 10.9. The zero-order chi connectivity index (χ0) is 16.4. The topological polar surface area (TPSA) is 69.6 Å². The molecule has 0 radical (unpaired) electrons. The first-order chi connectivity index (χ1) is 9.64. The van der Waals surface area contributed by atoms with Crippen LogP contribution in [0.5, 0.6) is 0 Å². The first-order valence-corrected chi connectivity index (χ1v) is 9.10. The van der Waals surface area contributed by atoms with Crippen LogP contribution < -0.4 is 4.89 Å². The molecule has 124 valence electrons. The summed E-state index contributed by atoms with van der Waals surface area (Å²) >= 11 is 0. The average molecular weight is 319 g/mol. The van der Waals surface area contributed by atoms with Gasteiger partial charge in [-0.1, -0.05) is 32.1 Å². The molecule has 0 aliphatic rings. The second kappa shape index (κ2) is 10.4. The zero-order valence-electron chi connectivity index (χ0n) is 13.6. The number of rotatable bonds is 12. The van der Waals surface area contributed by atoms with E-state index in [1.165, 1.54) is 0 Å². The van der Waals surface area contributed by atoms with Crippen LogP contribution in [0.4, 0.5) is 0 Å². The summed E-state index contributed by atoms with van der Waals surface area (Å²) in [5.41, 5.74) is 0. The minimum atomic E-state index is -4.66. The Bertz CT molecular complexity index is 354. The van der Waals surface area contributed by atoms with Gasteiger partial charge in [-0.25, -0.2) is 0 Å². The van der Waals surface area contributed by atoms with Crippen molar-refractivity contribution >= 4 is 7.82 Å². The van der Waals surface area contributed by atoms with Gasteiger partial charge in [-0.15, -0.1) is 12.3 Å². The van der Waals surface area contributed by atoms with Crippen molar-refractivity contribution in [1.29, 1.82) is 0 Å². The van der Waals surface area contributed by atoms with Crippen LogP contribution in [0, 0.1) is 12.3 Å². The van der Waals surface area contributed by atoms with Gasteiger partial charge in [-0.05, 0) is 12.8 Å². The molecule has 1 N–H and O–H groups in total. The standard InChI is InChI=1S/C15H30NO4P/c1-5-6-7-8-9-10-11-12-13-15(14-16(2,3)4)20-21(17,18)19/h1,15H,6-14H2,2-4H3,(H-,17,18,19). The lowest BCUT2D eigenvalue weighted by Gasteiger charge is -2.31. The number of terminal acetylenes is 1. The fourth-order valence-electron chi connectivity index (χ4n) is 2.28. The highest BCUT2D eigenvalue weighted by molar-refractivity contribution is 7.44. The average Bonchev–Trinajstić information content (AvgIpc) is 2.28. The molecule has 0 saturated heterocycles. The molecule has 2 atom stereocenters. The summed E-state index contributed by atoms with van der Waals surface area (Å²) in [7, 11) is 1.24. The van der Waals surface area contributed by atoms with Crippen LogP contribution in [0.25, 0.3) is 0 Å². The van der Waals surface area contributed by atoms with E-state index >= 15 is 0 Å². The second-order valence-electron chi connectivity index (χ2n) is 6.53. The van der Waals surface area contributed by atoms with Crippen molar-refractivity contribution in [2.75, 3.05) is 27.7 Å². The molecule has 0 aromatic heterocycles. The van der Waals surface area contributed by atoms with Gasteiger partial charge in [0, 0.05) is 6.42 Å². The van der Waals surface area contributed by atoms with Gasteiger partial charge >= 0.3 is 0 Å².